The molecule has 0 amide bonds. The van der Waals surface area contributed by atoms with Gasteiger partial charge in [0.25, 0.3) is 0 Å². The fourth-order valence-corrected chi connectivity index (χ4v) is 3.80. The van der Waals surface area contributed by atoms with Gasteiger partial charge in [0.1, 0.15) is 6.61 Å². The summed E-state index contributed by atoms with van der Waals surface area (Å²) in [5.74, 6) is -0.344. The molecule has 0 aliphatic heterocycles. The van der Waals surface area contributed by atoms with Crippen LogP contribution in [0.25, 0.3) is 21.3 Å². The molecule has 0 saturated heterocycles. The van der Waals surface area contributed by atoms with Crippen molar-refractivity contribution in [3.8, 4) is 17.1 Å². The van der Waals surface area contributed by atoms with Crippen LogP contribution in [0.15, 0.2) is 60.9 Å². The minimum Gasteiger partial charge on any atom is -0.469 e. The quantitative estimate of drug-likeness (QED) is 0.406. The molecule has 2 aromatic heterocycles. The van der Waals surface area contributed by atoms with Crippen molar-refractivity contribution in [3.05, 3.63) is 60.9 Å². The number of methoxy groups -OCH3 is 1. The highest BCUT2D eigenvalue weighted by Gasteiger charge is 2.30. The number of hydrogen-bond acceptors (Lipinski definition) is 8. The van der Waals surface area contributed by atoms with Crippen molar-refractivity contribution in [3.63, 3.8) is 0 Å². The Morgan fingerprint density at radius 2 is 1.74 bits per heavy atom. The van der Waals surface area contributed by atoms with Gasteiger partial charge >= 0.3 is 12.0 Å². The molecule has 0 aliphatic carbocycles. The molecule has 8 heteroatoms. The first kappa shape index (κ1) is 20.7. The first-order valence-electron chi connectivity index (χ1n) is 9.71. The van der Waals surface area contributed by atoms with Crippen molar-refractivity contribution < 1.29 is 14.3 Å². The SMILES string of the molecule is COC(=O)C(C)(C)COc1ncc(-c2ccc(Nc3nc4ccccc4s3)cc2)cn1. The second-order valence-corrected chi connectivity index (χ2v) is 8.64. The predicted molar refractivity (Wildman–Crippen MR) is 122 cm³/mol. The average Bonchev–Trinajstić information content (AvgIpc) is 3.20. The summed E-state index contributed by atoms with van der Waals surface area (Å²) in [5.41, 5.74) is 3.01. The van der Waals surface area contributed by atoms with E-state index >= 15 is 0 Å². The number of carbonyl (C=O) groups is 1. The Bertz CT molecular complexity index is 1150. The zero-order chi connectivity index (χ0) is 21.8. The highest BCUT2D eigenvalue weighted by molar-refractivity contribution is 7.22. The lowest BCUT2D eigenvalue weighted by Gasteiger charge is -2.20. The highest BCUT2D eigenvalue weighted by Crippen LogP contribution is 2.29. The van der Waals surface area contributed by atoms with E-state index in [0.29, 0.717) is 0 Å². The summed E-state index contributed by atoms with van der Waals surface area (Å²) in [6, 6.07) is 16.3. The Hall–Kier alpha value is -3.52. The fraction of sp³-hybridized carbons (Fsp3) is 0.217. The van der Waals surface area contributed by atoms with Crippen LogP contribution in [0.4, 0.5) is 10.8 Å². The van der Waals surface area contributed by atoms with Gasteiger partial charge < -0.3 is 14.8 Å². The lowest BCUT2D eigenvalue weighted by atomic mass is 9.95. The van der Waals surface area contributed by atoms with Gasteiger partial charge in [-0.2, -0.15) is 0 Å². The Kier molecular flexibility index (Phi) is 5.81. The molecular formula is C23H22N4O3S. The largest absolute Gasteiger partial charge is 0.469 e. The van der Waals surface area contributed by atoms with Gasteiger partial charge in [-0.15, -0.1) is 0 Å². The van der Waals surface area contributed by atoms with Gasteiger partial charge in [-0.3, -0.25) is 4.79 Å². The number of nitrogens with zero attached hydrogens (tertiary/aromatic N) is 3. The molecule has 0 unspecified atom stereocenters. The molecule has 0 radical (unpaired) electrons. The smallest absolute Gasteiger partial charge is 0.316 e. The van der Waals surface area contributed by atoms with Gasteiger partial charge in [0.05, 0.1) is 22.7 Å². The Balaban J connectivity index is 1.40. The van der Waals surface area contributed by atoms with Gasteiger partial charge in [-0.05, 0) is 43.7 Å². The summed E-state index contributed by atoms with van der Waals surface area (Å²) < 4.78 is 11.5. The first-order chi connectivity index (χ1) is 14.9. The molecular weight excluding hydrogens is 412 g/mol. The summed E-state index contributed by atoms with van der Waals surface area (Å²) in [6.07, 6.45) is 3.40. The molecule has 0 bridgehead atoms. The number of rotatable bonds is 7. The molecule has 158 valence electrons. The maximum atomic E-state index is 11.7. The molecule has 4 aromatic rings. The van der Waals surface area contributed by atoms with Crippen LogP contribution in [0.3, 0.4) is 0 Å². The van der Waals surface area contributed by atoms with Gasteiger partial charge in [0.2, 0.25) is 0 Å². The normalized spacial score (nSPS) is 11.3. The predicted octanol–water partition coefficient (Wildman–Crippen LogP) is 5.07. The summed E-state index contributed by atoms with van der Waals surface area (Å²) >= 11 is 1.62. The van der Waals surface area contributed by atoms with E-state index in [1.54, 1.807) is 37.6 Å². The van der Waals surface area contributed by atoms with E-state index < -0.39 is 5.41 Å². The van der Waals surface area contributed by atoms with Crippen LogP contribution in [-0.2, 0) is 9.53 Å². The third-order valence-electron chi connectivity index (χ3n) is 4.69. The van der Waals surface area contributed by atoms with Crippen molar-refractivity contribution >= 4 is 38.3 Å². The molecule has 31 heavy (non-hydrogen) atoms. The third-order valence-corrected chi connectivity index (χ3v) is 5.64. The van der Waals surface area contributed by atoms with Crippen LogP contribution in [0.5, 0.6) is 6.01 Å². The number of nitrogens with one attached hydrogen (secondary N) is 1. The molecule has 0 spiro atoms. The molecule has 0 saturated carbocycles. The van der Waals surface area contributed by atoms with E-state index in [1.807, 2.05) is 42.5 Å². The van der Waals surface area contributed by atoms with Crippen molar-refractivity contribution in [1.82, 2.24) is 15.0 Å². The number of hydrogen-bond donors (Lipinski definition) is 1. The molecule has 2 aromatic carbocycles. The van der Waals surface area contributed by atoms with Crippen LogP contribution >= 0.6 is 11.3 Å². The maximum Gasteiger partial charge on any atom is 0.316 e. The zero-order valence-corrected chi connectivity index (χ0v) is 18.3. The lowest BCUT2D eigenvalue weighted by Crippen LogP contribution is -2.32. The zero-order valence-electron chi connectivity index (χ0n) is 17.5. The maximum absolute atomic E-state index is 11.7. The summed E-state index contributed by atoms with van der Waals surface area (Å²) in [4.78, 5) is 24.8. The number of benzene rings is 2. The number of carbonyl (C=O) groups excluding carboxylic acids is 1. The molecule has 0 aliphatic rings. The van der Waals surface area contributed by atoms with Crippen LogP contribution in [0.1, 0.15) is 13.8 Å². The van der Waals surface area contributed by atoms with Crippen molar-refractivity contribution in [2.45, 2.75) is 13.8 Å². The number of ether oxygens (including phenoxy) is 2. The molecule has 0 atom stereocenters. The molecule has 0 fully saturated rings. The van der Waals surface area contributed by atoms with Crippen molar-refractivity contribution in [2.24, 2.45) is 5.41 Å². The number of thiazole rings is 1. The monoisotopic (exact) mass is 434 g/mol. The average molecular weight is 435 g/mol. The number of anilines is 2. The number of aromatic nitrogens is 3. The van der Waals surface area contributed by atoms with E-state index in [2.05, 4.69) is 26.3 Å². The number of esters is 1. The Morgan fingerprint density at radius 1 is 1.03 bits per heavy atom. The van der Waals surface area contributed by atoms with Crippen LogP contribution < -0.4 is 10.1 Å². The minimum atomic E-state index is -0.775. The summed E-state index contributed by atoms with van der Waals surface area (Å²) in [6.45, 7) is 3.62. The van der Waals surface area contributed by atoms with Gasteiger partial charge in [-0.1, -0.05) is 35.6 Å². The Labute approximate surface area is 184 Å². The van der Waals surface area contributed by atoms with E-state index in [1.165, 1.54) is 7.11 Å². The van der Waals surface area contributed by atoms with Crippen LogP contribution in [0, 0.1) is 5.41 Å². The van der Waals surface area contributed by atoms with Crippen molar-refractivity contribution in [1.29, 1.82) is 0 Å². The van der Waals surface area contributed by atoms with Crippen molar-refractivity contribution in [2.75, 3.05) is 19.0 Å². The van der Waals surface area contributed by atoms with E-state index in [0.717, 1.165) is 32.2 Å². The fourth-order valence-electron chi connectivity index (χ4n) is 2.92. The standard InChI is InChI=1S/C23H22N4O3S/c1-23(2,20(28)29-3)14-30-21-24-12-16(13-25-21)15-8-10-17(11-9-15)26-22-27-18-6-4-5-7-19(18)31-22/h4-13H,14H2,1-3H3,(H,26,27). The molecule has 1 N–H and O–H groups in total. The highest BCUT2D eigenvalue weighted by atomic mass is 32.1. The van der Waals surface area contributed by atoms with E-state index in [-0.39, 0.29) is 18.6 Å². The van der Waals surface area contributed by atoms with Gasteiger partial charge in [0, 0.05) is 23.6 Å². The first-order valence-corrected chi connectivity index (χ1v) is 10.5. The molecule has 4 rings (SSSR count). The van der Waals surface area contributed by atoms with E-state index in [9.17, 15) is 4.79 Å². The summed E-state index contributed by atoms with van der Waals surface area (Å²) in [7, 11) is 1.36. The number of para-hydroxylation sites is 1. The second-order valence-electron chi connectivity index (χ2n) is 7.61. The third kappa shape index (κ3) is 4.80. The lowest BCUT2D eigenvalue weighted by molar-refractivity contribution is -0.152. The van der Waals surface area contributed by atoms with Gasteiger partial charge in [-0.25, -0.2) is 15.0 Å². The second kappa shape index (κ2) is 8.69. The molecule has 7 nitrogen and oxygen atoms in total. The van der Waals surface area contributed by atoms with Gasteiger partial charge in [0.15, 0.2) is 5.13 Å². The van der Waals surface area contributed by atoms with E-state index in [4.69, 9.17) is 9.47 Å². The summed E-state index contributed by atoms with van der Waals surface area (Å²) in [5, 5.41) is 4.20. The number of fused-ring (bicyclic) bond motifs is 1. The molecule has 2 heterocycles. The minimum absolute atomic E-state index is 0.130. The van der Waals surface area contributed by atoms with Crippen LogP contribution in [-0.4, -0.2) is 34.6 Å². The topological polar surface area (TPSA) is 86.2 Å². The van der Waals surface area contributed by atoms with Crippen LogP contribution in [0.2, 0.25) is 0 Å². The Morgan fingerprint density at radius 3 is 2.42 bits per heavy atom.